The predicted octanol–water partition coefficient (Wildman–Crippen LogP) is 0.645. The lowest BCUT2D eigenvalue weighted by atomic mass is 10.3. The number of fused-ring (bicyclic) bond motifs is 1. The number of halogens is 1. The van der Waals surface area contributed by atoms with Crippen LogP contribution in [0.3, 0.4) is 0 Å². The summed E-state index contributed by atoms with van der Waals surface area (Å²) in [5.41, 5.74) is 1.58. The van der Waals surface area contributed by atoms with Crippen LogP contribution in [0.25, 0.3) is 16.9 Å². The summed E-state index contributed by atoms with van der Waals surface area (Å²) in [6.07, 6.45) is 1.44. The van der Waals surface area contributed by atoms with Crippen molar-refractivity contribution in [3.05, 3.63) is 36.4 Å². The van der Waals surface area contributed by atoms with Crippen LogP contribution in [0.1, 0.15) is 0 Å². The first-order valence-corrected chi connectivity index (χ1v) is 8.51. The highest BCUT2D eigenvalue weighted by Gasteiger charge is 2.24. The summed E-state index contributed by atoms with van der Waals surface area (Å²) in [6.45, 7) is 2.47. The number of ether oxygens (including phenoxy) is 1. The van der Waals surface area contributed by atoms with E-state index >= 15 is 0 Å². The van der Waals surface area contributed by atoms with Crippen LogP contribution in [0.4, 0.5) is 10.2 Å². The first-order valence-electron chi connectivity index (χ1n) is 8.51. The lowest BCUT2D eigenvalue weighted by Crippen LogP contribution is -2.50. The van der Waals surface area contributed by atoms with Gasteiger partial charge in [0.05, 0.1) is 5.69 Å². The van der Waals surface area contributed by atoms with Crippen LogP contribution in [0.5, 0.6) is 0 Å². The summed E-state index contributed by atoms with van der Waals surface area (Å²) in [7, 11) is 1.51. The minimum atomic E-state index is -0.359. The zero-order valence-electron chi connectivity index (χ0n) is 14.7. The van der Waals surface area contributed by atoms with Gasteiger partial charge >= 0.3 is 0 Å². The molecule has 4 rings (SSSR count). The molecule has 1 fully saturated rings. The zero-order valence-corrected chi connectivity index (χ0v) is 14.7. The third-order valence-corrected chi connectivity index (χ3v) is 4.47. The first kappa shape index (κ1) is 17.3. The Balaban J connectivity index is 1.60. The van der Waals surface area contributed by atoms with E-state index in [1.807, 2.05) is 4.90 Å². The van der Waals surface area contributed by atoms with E-state index in [0.29, 0.717) is 48.8 Å². The van der Waals surface area contributed by atoms with Crippen molar-refractivity contribution in [2.24, 2.45) is 0 Å². The first-order chi connectivity index (χ1) is 13.2. The number of aromatic nitrogens is 5. The molecule has 0 unspecified atom stereocenters. The lowest BCUT2D eigenvalue weighted by Gasteiger charge is -2.35. The molecule has 1 amide bonds. The summed E-state index contributed by atoms with van der Waals surface area (Å²) >= 11 is 0. The summed E-state index contributed by atoms with van der Waals surface area (Å²) in [5.74, 6) is 0.269. The van der Waals surface area contributed by atoms with Gasteiger partial charge in [0, 0.05) is 33.3 Å². The molecule has 10 heteroatoms. The molecule has 9 nitrogen and oxygen atoms in total. The van der Waals surface area contributed by atoms with Gasteiger partial charge < -0.3 is 14.5 Å². The monoisotopic (exact) mass is 371 g/mol. The smallest absolute Gasteiger partial charge is 0.248 e. The Labute approximate surface area is 154 Å². The van der Waals surface area contributed by atoms with Crippen molar-refractivity contribution >= 4 is 22.9 Å². The van der Waals surface area contributed by atoms with Crippen molar-refractivity contribution in [1.82, 2.24) is 29.9 Å². The van der Waals surface area contributed by atoms with Gasteiger partial charge in [-0.1, -0.05) is 11.3 Å². The van der Waals surface area contributed by atoms with Crippen molar-refractivity contribution in [2.75, 3.05) is 44.8 Å². The van der Waals surface area contributed by atoms with E-state index in [0.717, 1.165) is 0 Å². The Kier molecular flexibility index (Phi) is 4.63. The summed E-state index contributed by atoms with van der Waals surface area (Å²) in [4.78, 5) is 24.4. The third kappa shape index (κ3) is 3.31. The molecular weight excluding hydrogens is 353 g/mol. The normalized spacial score (nSPS) is 14.7. The second kappa shape index (κ2) is 7.23. The third-order valence-electron chi connectivity index (χ3n) is 4.47. The average Bonchev–Trinajstić information content (AvgIpc) is 3.12. The van der Waals surface area contributed by atoms with Gasteiger partial charge in [-0.2, -0.15) is 4.68 Å². The number of methoxy groups -OCH3 is 1. The molecule has 0 saturated carbocycles. The van der Waals surface area contributed by atoms with Crippen LogP contribution < -0.4 is 4.90 Å². The Morgan fingerprint density at radius 2 is 2.04 bits per heavy atom. The predicted molar refractivity (Wildman–Crippen MR) is 95.1 cm³/mol. The van der Waals surface area contributed by atoms with Gasteiger partial charge in [-0.3, -0.25) is 4.79 Å². The van der Waals surface area contributed by atoms with Crippen molar-refractivity contribution in [3.8, 4) is 5.69 Å². The van der Waals surface area contributed by atoms with Gasteiger partial charge in [-0.05, 0) is 18.2 Å². The number of rotatable bonds is 4. The van der Waals surface area contributed by atoms with Gasteiger partial charge in [0.15, 0.2) is 17.0 Å². The Bertz CT molecular complexity index is 969. The van der Waals surface area contributed by atoms with Gasteiger partial charge in [0.1, 0.15) is 18.8 Å². The number of carbonyl (C=O) groups excluding carboxylic acids is 1. The molecule has 1 saturated heterocycles. The Morgan fingerprint density at radius 1 is 1.22 bits per heavy atom. The fraction of sp³-hybridized carbons (Fsp3) is 0.353. The lowest BCUT2D eigenvalue weighted by molar-refractivity contribution is -0.135. The molecule has 1 aliphatic rings. The zero-order chi connectivity index (χ0) is 18.8. The maximum Gasteiger partial charge on any atom is 0.248 e. The van der Waals surface area contributed by atoms with Gasteiger partial charge in [0.25, 0.3) is 0 Å². The molecule has 1 aliphatic heterocycles. The molecule has 0 spiro atoms. The highest BCUT2D eigenvalue weighted by Crippen LogP contribution is 2.23. The number of carbonyl (C=O) groups is 1. The van der Waals surface area contributed by atoms with Crippen molar-refractivity contribution < 1.29 is 13.9 Å². The molecule has 0 aliphatic carbocycles. The largest absolute Gasteiger partial charge is 0.375 e. The highest BCUT2D eigenvalue weighted by atomic mass is 19.1. The van der Waals surface area contributed by atoms with Crippen molar-refractivity contribution in [3.63, 3.8) is 0 Å². The number of anilines is 1. The van der Waals surface area contributed by atoms with E-state index in [1.165, 1.54) is 30.3 Å². The van der Waals surface area contributed by atoms with Crippen LogP contribution in [-0.2, 0) is 9.53 Å². The topological polar surface area (TPSA) is 89.3 Å². The summed E-state index contributed by atoms with van der Waals surface area (Å²) in [6, 6.07) is 6.08. The second-order valence-electron chi connectivity index (χ2n) is 6.15. The van der Waals surface area contributed by atoms with Gasteiger partial charge in [0.2, 0.25) is 5.91 Å². The quantitative estimate of drug-likeness (QED) is 0.665. The Morgan fingerprint density at radius 3 is 2.78 bits per heavy atom. The number of amides is 1. The van der Waals surface area contributed by atoms with E-state index in [-0.39, 0.29) is 18.3 Å². The molecular formula is C17H18FN7O2. The summed E-state index contributed by atoms with van der Waals surface area (Å²) in [5, 5.41) is 8.33. The molecule has 0 N–H and O–H groups in total. The number of piperazine rings is 1. The van der Waals surface area contributed by atoms with Gasteiger partial charge in [-0.15, -0.1) is 5.10 Å². The van der Waals surface area contributed by atoms with E-state index < -0.39 is 0 Å². The molecule has 27 heavy (non-hydrogen) atoms. The van der Waals surface area contributed by atoms with Crippen LogP contribution >= 0.6 is 0 Å². The highest BCUT2D eigenvalue weighted by molar-refractivity contribution is 5.84. The van der Waals surface area contributed by atoms with Gasteiger partial charge in [-0.25, -0.2) is 14.4 Å². The molecule has 0 radical (unpaired) electrons. The molecule has 140 valence electrons. The van der Waals surface area contributed by atoms with Crippen molar-refractivity contribution in [1.29, 1.82) is 0 Å². The second-order valence-corrected chi connectivity index (χ2v) is 6.15. The standard InChI is InChI=1S/C17H18FN7O2/c1-27-10-14(26)23-5-7-24(8-6-23)16-15-17(20-11-19-16)25(22-21-15)13-4-2-3-12(18)9-13/h2-4,9,11H,5-8,10H2,1H3. The van der Waals surface area contributed by atoms with E-state index in [2.05, 4.69) is 20.3 Å². The van der Waals surface area contributed by atoms with E-state index in [4.69, 9.17) is 4.74 Å². The van der Waals surface area contributed by atoms with E-state index in [1.54, 1.807) is 17.0 Å². The maximum atomic E-state index is 13.5. The summed E-state index contributed by atoms with van der Waals surface area (Å²) < 4.78 is 19.9. The van der Waals surface area contributed by atoms with Crippen LogP contribution in [-0.4, -0.2) is 75.7 Å². The average molecular weight is 371 g/mol. The molecule has 2 aromatic heterocycles. The van der Waals surface area contributed by atoms with Crippen LogP contribution in [0.15, 0.2) is 30.6 Å². The van der Waals surface area contributed by atoms with Crippen LogP contribution in [0.2, 0.25) is 0 Å². The molecule has 3 heterocycles. The van der Waals surface area contributed by atoms with Crippen LogP contribution in [0, 0.1) is 5.82 Å². The maximum absolute atomic E-state index is 13.5. The number of benzene rings is 1. The fourth-order valence-corrected chi connectivity index (χ4v) is 3.13. The fourth-order valence-electron chi connectivity index (χ4n) is 3.13. The molecule has 1 aromatic carbocycles. The molecule has 3 aromatic rings. The number of hydrogen-bond donors (Lipinski definition) is 0. The minimum absolute atomic E-state index is 0.0259. The molecule has 0 atom stereocenters. The number of nitrogens with zero attached hydrogens (tertiary/aromatic N) is 7. The van der Waals surface area contributed by atoms with E-state index in [9.17, 15) is 9.18 Å². The van der Waals surface area contributed by atoms with Crippen molar-refractivity contribution in [2.45, 2.75) is 0 Å². The SMILES string of the molecule is COCC(=O)N1CCN(c2ncnc3c2nnn3-c2cccc(F)c2)CC1. The molecule has 0 bridgehead atoms. The Hall–Kier alpha value is -3.14. The number of hydrogen-bond acceptors (Lipinski definition) is 7. The minimum Gasteiger partial charge on any atom is -0.375 e.